The Kier molecular flexibility index (Phi) is 9.33. The maximum absolute atomic E-state index is 13.0. The van der Waals surface area contributed by atoms with Gasteiger partial charge in [-0.3, -0.25) is 14.4 Å². The first kappa shape index (κ1) is 27.0. The number of carbonyl (C=O) groups excluding carboxylic acids is 2. The van der Waals surface area contributed by atoms with E-state index in [9.17, 15) is 14.7 Å². The van der Waals surface area contributed by atoms with Crippen molar-refractivity contribution in [3.05, 3.63) is 28.2 Å². The van der Waals surface area contributed by atoms with Crippen LogP contribution in [0, 0.1) is 12.3 Å². The summed E-state index contributed by atoms with van der Waals surface area (Å²) >= 11 is 1.29. The Bertz CT molecular complexity index is 1010. The Labute approximate surface area is 202 Å². The highest BCUT2D eigenvalue weighted by molar-refractivity contribution is 7.13. The number of carboxylic acid groups (broad SMARTS) is 1. The number of aromatic nitrogens is 1. The van der Waals surface area contributed by atoms with E-state index in [2.05, 4.69) is 34.6 Å². The molecule has 12 heteroatoms. The van der Waals surface area contributed by atoms with E-state index in [1.807, 2.05) is 12.3 Å². The minimum Gasteiger partial charge on any atom is -0.858 e. The number of quaternary nitrogens is 1. The molecule has 2 aromatic heterocycles. The fourth-order valence-electron chi connectivity index (χ4n) is 3.77. The summed E-state index contributed by atoms with van der Waals surface area (Å²) in [5.74, 6) is -0.563. The highest BCUT2D eigenvalue weighted by atomic mass is 32.1. The van der Waals surface area contributed by atoms with E-state index in [1.165, 1.54) is 23.7 Å². The quantitative estimate of drug-likeness (QED) is 0.230. The van der Waals surface area contributed by atoms with Crippen LogP contribution in [0.1, 0.15) is 41.9 Å². The van der Waals surface area contributed by atoms with Crippen molar-refractivity contribution in [3.8, 4) is 0 Å². The first-order valence-electron chi connectivity index (χ1n) is 10.7. The smallest absolute Gasteiger partial charge is 0.290 e. The lowest BCUT2D eigenvalue weighted by Crippen LogP contribution is -2.60. The van der Waals surface area contributed by atoms with E-state index < -0.39 is 0 Å². The molecule has 1 aliphatic heterocycles. The number of aliphatic imine (C=N–C) groups is 1. The van der Waals surface area contributed by atoms with Crippen LogP contribution in [-0.4, -0.2) is 72.2 Å². The number of hydrogen-bond acceptors (Lipinski definition) is 8. The molecule has 11 nitrogen and oxygen atoms in total. The number of hydrogen-bond donors (Lipinski definition) is 3. The molecular weight excluding hydrogens is 462 g/mol. The summed E-state index contributed by atoms with van der Waals surface area (Å²) in [7, 11) is 1.56. The predicted molar refractivity (Wildman–Crippen MR) is 126 cm³/mol. The van der Waals surface area contributed by atoms with Crippen LogP contribution in [0.25, 0.3) is 0 Å². The van der Waals surface area contributed by atoms with E-state index >= 15 is 0 Å². The van der Waals surface area contributed by atoms with Crippen LogP contribution in [0.2, 0.25) is 0 Å². The van der Waals surface area contributed by atoms with Crippen LogP contribution >= 0.6 is 11.3 Å². The van der Waals surface area contributed by atoms with Gasteiger partial charge in [0.05, 0.1) is 18.8 Å². The number of thiophene rings is 1. The summed E-state index contributed by atoms with van der Waals surface area (Å²) in [6, 6.07) is 1.52. The van der Waals surface area contributed by atoms with Gasteiger partial charge in [0, 0.05) is 31.9 Å². The fourth-order valence-corrected chi connectivity index (χ4v) is 4.72. The van der Waals surface area contributed by atoms with Crippen molar-refractivity contribution in [1.82, 2.24) is 10.5 Å². The minimum atomic E-state index is -0.334. The average Bonchev–Trinajstić information content (AvgIpc) is 3.40. The zero-order chi connectivity index (χ0) is 25.4. The number of rotatable bonds is 7. The number of likely N-dealkylation sites (tertiary alicyclic amines) is 1. The largest absolute Gasteiger partial charge is 0.858 e. The lowest BCUT2D eigenvalue weighted by atomic mass is 9.81. The van der Waals surface area contributed by atoms with Crippen molar-refractivity contribution < 1.29 is 33.6 Å². The lowest BCUT2D eigenvalue weighted by Gasteiger charge is -2.46. The van der Waals surface area contributed by atoms with Crippen LogP contribution in [0.4, 0.5) is 11.5 Å². The molecule has 0 radical (unpaired) electrons. The van der Waals surface area contributed by atoms with Crippen molar-refractivity contribution in [1.29, 1.82) is 0 Å². The van der Waals surface area contributed by atoms with Crippen LogP contribution in [0.5, 0.6) is 0 Å². The van der Waals surface area contributed by atoms with E-state index in [4.69, 9.17) is 14.4 Å². The predicted octanol–water partition coefficient (Wildman–Crippen LogP) is 1.77. The molecule has 0 aliphatic carbocycles. The Morgan fingerprint density at radius 3 is 2.56 bits per heavy atom. The maximum atomic E-state index is 13.0. The molecule has 0 atom stereocenters. The molecule has 1 fully saturated rings. The number of nitrogens with one attached hydrogen (secondary N) is 2. The monoisotopic (exact) mass is 493 g/mol. The summed E-state index contributed by atoms with van der Waals surface area (Å²) in [6.07, 6.45) is 3.16. The molecule has 0 saturated carbocycles. The fraction of sp³-hybridized carbons (Fsp3) is 0.500. The Balaban J connectivity index is 0.00000129. The van der Waals surface area contributed by atoms with Crippen LogP contribution in [0.3, 0.4) is 0 Å². The molecule has 186 valence electrons. The molecule has 3 rings (SSSR count). The molecule has 0 unspecified atom stereocenters. The minimum absolute atomic E-state index is 0.112. The standard InChI is InChI=1S/C21H29N5O4S.CH2O2/c1-14-13-31-19(20(29)22-4)18(14)24-17(28)12-26(8-6-21(2,3)7-9-26)11-16(27)23-15-5-10-30-25-15;2-1-3/h5,10,13H,6-9,11-12H2,1-4H3,(H2-,22,23,24,25,27,28,29);1H,(H,2,3). The van der Waals surface area contributed by atoms with Crippen molar-refractivity contribution in [2.24, 2.45) is 10.4 Å². The molecule has 3 heterocycles. The van der Waals surface area contributed by atoms with Gasteiger partial charge in [0.2, 0.25) is 0 Å². The Morgan fingerprint density at radius 2 is 2.00 bits per heavy atom. The lowest BCUT2D eigenvalue weighted by molar-refractivity contribution is -0.920. The first-order valence-corrected chi connectivity index (χ1v) is 11.6. The number of amides is 2. The molecule has 1 saturated heterocycles. The van der Waals surface area contributed by atoms with Gasteiger partial charge in [0.1, 0.15) is 17.7 Å². The van der Waals surface area contributed by atoms with Gasteiger partial charge in [-0.2, -0.15) is 0 Å². The average molecular weight is 494 g/mol. The van der Waals surface area contributed by atoms with Gasteiger partial charge >= 0.3 is 0 Å². The molecule has 0 spiro atoms. The van der Waals surface area contributed by atoms with Gasteiger partial charge in [-0.1, -0.05) is 19.0 Å². The molecule has 0 aromatic carbocycles. The number of piperidine rings is 1. The van der Waals surface area contributed by atoms with Gasteiger partial charge in [-0.15, -0.1) is 11.3 Å². The number of carbonyl (C=O) groups is 3. The van der Waals surface area contributed by atoms with Crippen molar-refractivity contribution in [3.63, 3.8) is 0 Å². The Morgan fingerprint density at radius 1 is 1.35 bits per heavy atom. The summed E-state index contributed by atoms with van der Waals surface area (Å²) in [6.45, 7) is 7.66. The zero-order valence-corrected chi connectivity index (χ0v) is 20.6. The third kappa shape index (κ3) is 7.39. The van der Waals surface area contributed by atoms with E-state index in [0.717, 1.165) is 18.4 Å². The zero-order valence-electron chi connectivity index (χ0n) is 19.8. The first-order chi connectivity index (χ1) is 16.0. The van der Waals surface area contributed by atoms with Gasteiger partial charge in [0.25, 0.3) is 18.3 Å². The van der Waals surface area contributed by atoms with E-state index in [-0.39, 0.29) is 48.5 Å². The second-order valence-electron chi connectivity index (χ2n) is 8.99. The molecule has 34 heavy (non-hydrogen) atoms. The molecule has 2 aromatic rings. The summed E-state index contributed by atoms with van der Waals surface area (Å²) < 4.78 is 5.06. The summed E-state index contributed by atoms with van der Waals surface area (Å²) in [5.41, 5.74) is 1.53. The van der Waals surface area contributed by atoms with Gasteiger partial charge in [-0.05, 0) is 23.3 Å². The van der Waals surface area contributed by atoms with Crippen LogP contribution in [-0.2, 0) is 9.59 Å². The highest BCUT2D eigenvalue weighted by Crippen LogP contribution is 2.34. The Hall–Kier alpha value is -3.25. The van der Waals surface area contributed by atoms with Crippen molar-refractivity contribution in [2.75, 3.05) is 38.5 Å². The van der Waals surface area contributed by atoms with Crippen molar-refractivity contribution in [2.45, 2.75) is 33.6 Å². The molecule has 2 amide bonds. The SMILES string of the molecule is CNC(=O)c1scc(C)c1NC(=O)C[N+]1(CC([O-])=Nc2ccon2)CCC(C)(C)CC1.O=CO. The van der Waals surface area contributed by atoms with Gasteiger partial charge in [0.15, 0.2) is 12.4 Å². The number of nitrogens with zero attached hydrogens (tertiary/aromatic N) is 3. The van der Waals surface area contributed by atoms with Gasteiger partial charge < -0.3 is 29.9 Å². The van der Waals surface area contributed by atoms with E-state index in [0.29, 0.717) is 28.1 Å². The second-order valence-corrected chi connectivity index (χ2v) is 9.87. The summed E-state index contributed by atoms with van der Waals surface area (Å²) in [4.78, 5) is 38.0. The number of anilines is 1. The van der Waals surface area contributed by atoms with Crippen LogP contribution < -0.4 is 15.7 Å². The molecule has 0 bridgehead atoms. The summed E-state index contributed by atoms with van der Waals surface area (Å²) in [5, 5.41) is 30.5. The second kappa shape index (κ2) is 11.7. The van der Waals surface area contributed by atoms with Gasteiger partial charge in [-0.25, -0.2) is 4.99 Å². The maximum Gasteiger partial charge on any atom is 0.290 e. The van der Waals surface area contributed by atoms with E-state index in [1.54, 1.807) is 7.05 Å². The normalized spacial score (nSPS) is 16.6. The molecule has 1 aliphatic rings. The number of aryl methyl sites for hydroxylation is 1. The molecular formula is C22H31N5O6S. The highest BCUT2D eigenvalue weighted by Gasteiger charge is 2.39. The molecule has 3 N–H and O–H groups in total. The van der Waals surface area contributed by atoms with Crippen molar-refractivity contribution >= 4 is 47.0 Å². The third-order valence-corrected chi connectivity index (χ3v) is 6.91. The topological polar surface area (TPSA) is 157 Å². The third-order valence-electron chi connectivity index (χ3n) is 5.81. The van der Waals surface area contributed by atoms with Crippen LogP contribution in [0.15, 0.2) is 27.2 Å².